The molecule has 1 fully saturated rings. The van der Waals surface area contributed by atoms with Gasteiger partial charge in [0.15, 0.2) is 0 Å². The number of carbonyl (C=O) groups excluding carboxylic acids is 2. The molecule has 0 aliphatic carbocycles. The second-order valence-electron chi connectivity index (χ2n) is 8.07. The van der Waals surface area contributed by atoms with E-state index >= 15 is 0 Å². The van der Waals surface area contributed by atoms with E-state index in [0.29, 0.717) is 42.7 Å². The average molecular weight is 452 g/mol. The predicted octanol–water partition coefficient (Wildman–Crippen LogP) is 2.96. The van der Waals surface area contributed by atoms with Crippen molar-refractivity contribution in [3.8, 4) is 11.3 Å². The van der Waals surface area contributed by atoms with E-state index in [1.54, 1.807) is 28.9 Å². The minimum atomic E-state index is -0.726. The first-order valence-electron chi connectivity index (χ1n) is 10.7. The molecule has 9 heteroatoms. The molecular weight excluding hydrogens is 425 g/mol. The Balaban J connectivity index is 1.58. The monoisotopic (exact) mass is 451 g/mol. The quantitative estimate of drug-likeness (QED) is 0.531. The lowest BCUT2D eigenvalue weighted by atomic mass is 10.0. The van der Waals surface area contributed by atoms with Crippen LogP contribution in [0.4, 0.5) is 10.2 Å². The van der Waals surface area contributed by atoms with Gasteiger partial charge in [0.25, 0.3) is 11.8 Å². The van der Waals surface area contributed by atoms with Gasteiger partial charge in [0.1, 0.15) is 22.9 Å². The highest BCUT2D eigenvalue weighted by molar-refractivity contribution is 6.03. The SMILES string of the molecule is Cc1ccccc1C(=O)NCc1ccc(-c2nn(C3CCOCC3)c(N)c2C(N)=O)cc1F. The molecule has 8 nitrogen and oxygen atoms in total. The van der Waals surface area contributed by atoms with Crippen molar-refractivity contribution < 1.29 is 18.7 Å². The molecule has 2 heterocycles. The Morgan fingerprint density at radius 2 is 1.94 bits per heavy atom. The molecule has 33 heavy (non-hydrogen) atoms. The Hall–Kier alpha value is -3.72. The molecule has 0 radical (unpaired) electrons. The van der Waals surface area contributed by atoms with Crippen LogP contribution in [0.15, 0.2) is 42.5 Å². The summed E-state index contributed by atoms with van der Waals surface area (Å²) in [6.45, 7) is 3.00. The molecule has 172 valence electrons. The Bertz CT molecular complexity index is 1200. The molecule has 0 bridgehead atoms. The van der Waals surface area contributed by atoms with Gasteiger partial charge in [-0.25, -0.2) is 9.07 Å². The van der Waals surface area contributed by atoms with E-state index in [1.165, 1.54) is 6.07 Å². The van der Waals surface area contributed by atoms with Gasteiger partial charge in [-0.05, 0) is 37.5 Å². The zero-order chi connectivity index (χ0) is 23.5. The molecule has 0 spiro atoms. The number of halogens is 1. The summed E-state index contributed by atoms with van der Waals surface area (Å²) in [7, 11) is 0. The first-order chi connectivity index (χ1) is 15.9. The second-order valence-corrected chi connectivity index (χ2v) is 8.07. The first kappa shape index (κ1) is 22.5. The molecule has 1 aromatic heterocycles. The molecule has 2 aromatic carbocycles. The van der Waals surface area contributed by atoms with Crippen molar-refractivity contribution in [2.24, 2.45) is 5.73 Å². The molecule has 1 aliphatic rings. The summed E-state index contributed by atoms with van der Waals surface area (Å²) in [5.74, 6) is -1.38. The van der Waals surface area contributed by atoms with Crippen LogP contribution in [-0.4, -0.2) is 34.8 Å². The molecule has 0 unspecified atom stereocenters. The fourth-order valence-electron chi connectivity index (χ4n) is 4.04. The van der Waals surface area contributed by atoms with Gasteiger partial charge in [-0.15, -0.1) is 0 Å². The normalized spacial score (nSPS) is 14.2. The lowest BCUT2D eigenvalue weighted by Crippen LogP contribution is -2.24. The van der Waals surface area contributed by atoms with Crippen LogP contribution in [0.2, 0.25) is 0 Å². The van der Waals surface area contributed by atoms with Crippen molar-refractivity contribution >= 4 is 17.6 Å². The summed E-state index contributed by atoms with van der Waals surface area (Å²) in [6, 6.07) is 11.6. The van der Waals surface area contributed by atoms with Crippen LogP contribution in [0.1, 0.15) is 50.7 Å². The largest absolute Gasteiger partial charge is 0.383 e. The smallest absolute Gasteiger partial charge is 0.254 e. The number of benzene rings is 2. The number of nitrogens with one attached hydrogen (secondary N) is 1. The number of ether oxygens (including phenoxy) is 1. The zero-order valence-electron chi connectivity index (χ0n) is 18.3. The average Bonchev–Trinajstić information content (AvgIpc) is 3.16. The molecule has 0 atom stereocenters. The number of rotatable bonds is 6. The van der Waals surface area contributed by atoms with Crippen molar-refractivity contribution in [1.29, 1.82) is 0 Å². The highest BCUT2D eigenvalue weighted by Gasteiger charge is 2.27. The summed E-state index contributed by atoms with van der Waals surface area (Å²) in [4.78, 5) is 24.6. The minimum Gasteiger partial charge on any atom is -0.383 e. The number of aryl methyl sites for hydroxylation is 1. The molecule has 2 amide bonds. The van der Waals surface area contributed by atoms with Crippen LogP contribution in [-0.2, 0) is 11.3 Å². The summed E-state index contributed by atoms with van der Waals surface area (Å²) in [5.41, 5.74) is 14.1. The van der Waals surface area contributed by atoms with Gasteiger partial charge in [0.05, 0.1) is 6.04 Å². The molecule has 1 aliphatic heterocycles. The van der Waals surface area contributed by atoms with Gasteiger partial charge in [0.2, 0.25) is 0 Å². The molecule has 4 rings (SSSR count). The number of hydrogen-bond donors (Lipinski definition) is 3. The van der Waals surface area contributed by atoms with Crippen molar-refractivity contribution in [1.82, 2.24) is 15.1 Å². The van der Waals surface area contributed by atoms with Gasteiger partial charge in [-0.1, -0.05) is 30.3 Å². The molecule has 3 aromatic rings. The molecule has 1 saturated heterocycles. The summed E-state index contributed by atoms with van der Waals surface area (Å²) in [5, 5.41) is 7.26. The van der Waals surface area contributed by atoms with Crippen LogP contribution in [0.5, 0.6) is 0 Å². The second kappa shape index (κ2) is 9.41. The topological polar surface area (TPSA) is 125 Å². The van der Waals surface area contributed by atoms with E-state index < -0.39 is 11.7 Å². The molecular formula is C24H26FN5O3. The van der Waals surface area contributed by atoms with E-state index in [9.17, 15) is 14.0 Å². The van der Waals surface area contributed by atoms with Crippen LogP contribution < -0.4 is 16.8 Å². The van der Waals surface area contributed by atoms with E-state index in [4.69, 9.17) is 16.2 Å². The standard InChI is InChI=1S/C24H26FN5O3/c1-14-4-2-3-5-18(14)24(32)28-13-16-7-6-15(12-19(16)25)21-20(23(27)31)22(26)30(29-21)17-8-10-33-11-9-17/h2-7,12,17H,8-11,13,26H2,1H3,(H2,27,31)(H,28,32). The van der Waals surface area contributed by atoms with E-state index in [0.717, 1.165) is 5.56 Å². The third-order valence-corrected chi connectivity index (χ3v) is 5.89. The van der Waals surface area contributed by atoms with Gasteiger partial charge in [-0.2, -0.15) is 5.10 Å². The highest BCUT2D eigenvalue weighted by atomic mass is 19.1. The maximum atomic E-state index is 14.9. The number of primary amides is 1. The summed E-state index contributed by atoms with van der Waals surface area (Å²) < 4.78 is 21.9. The number of hydrogen-bond acceptors (Lipinski definition) is 5. The van der Waals surface area contributed by atoms with Crippen LogP contribution >= 0.6 is 0 Å². The van der Waals surface area contributed by atoms with E-state index in [-0.39, 0.29) is 35.6 Å². The van der Waals surface area contributed by atoms with E-state index in [1.807, 2.05) is 19.1 Å². The Morgan fingerprint density at radius 1 is 1.21 bits per heavy atom. The number of amides is 2. The third-order valence-electron chi connectivity index (χ3n) is 5.89. The van der Waals surface area contributed by atoms with Crippen molar-refractivity contribution in [2.75, 3.05) is 18.9 Å². The first-order valence-corrected chi connectivity index (χ1v) is 10.7. The number of aromatic nitrogens is 2. The lowest BCUT2D eigenvalue weighted by Gasteiger charge is -2.23. The van der Waals surface area contributed by atoms with Gasteiger partial charge < -0.3 is 21.5 Å². The fourth-order valence-corrected chi connectivity index (χ4v) is 4.04. The maximum absolute atomic E-state index is 14.9. The number of nitrogen functional groups attached to an aromatic ring is 1. The predicted molar refractivity (Wildman–Crippen MR) is 122 cm³/mol. The van der Waals surface area contributed by atoms with Gasteiger partial charge in [0, 0.05) is 36.4 Å². The van der Waals surface area contributed by atoms with Crippen molar-refractivity contribution in [3.05, 3.63) is 70.5 Å². The fraction of sp³-hybridized carbons (Fsp3) is 0.292. The Morgan fingerprint density at radius 3 is 2.61 bits per heavy atom. The van der Waals surface area contributed by atoms with Crippen LogP contribution in [0.3, 0.4) is 0 Å². The Labute approximate surface area is 190 Å². The molecule has 5 N–H and O–H groups in total. The summed E-state index contributed by atoms with van der Waals surface area (Å²) >= 11 is 0. The van der Waals surface area contributed by atoms with E-state index in [2.05, 4.69) is 10.4 Å². The van der Waals surface area contributed by atoms with Crippen LogP contribution in [0.25, 0.3) is 11.3 Å². The molecule has 0 saturated carbocycles. The number of nitrogens with zero attached hydrogens (tertiary/aromatic N) is 2. The Kier molecular flexibility index (Phi) is 6.41. The highest BCUT2D eigenvalue weighted by Crippen LogP contribution is 2.32. The number of nitrogens with two attached hydrogens (primary N) is 2. The van der Waals surface area contributed by atoms with Crippen molar-refractivity contribution in [2.45, 2.75) is 32.4 Å². The van der Waals surface area contributed by atoms with Crippen molar-refractivity contribution in [3.63, 3.8) is 0 Å². The van der Waals surface area contributed by atoms with Crippen LogP contribution in [0, 0.1) is 12.7 Å². The third kappa shape index (κ3) is 4.58. The van der Waals surface area contributed by atoms with Gasteiger partial charge in [-0.3, -0.25) is 9.59 Å². The maximum Gasteiger partial charge on any atom is 0.254 e. The number of carbonyl (C=O) groups is 2. The van der Waals surface area contributed by atoms with Gasteiger partial charge >= 0.3 is 0 Å². The minimum absolute atomic E-state index is 0.0145. The zero-order valence-corrected chi connectivity index (χ0v) is 18.3. The summed E-state index contributed by atoms with van der Waals surface area (Å²) in [6.07, 6.45) is 1.41. The number of anilines is 1. The lowest BCUT2D eigenvalue weighted by molar-refractivity contribution is 0.0669.